The summed E-state index contributed by atoms with van der Waals surface area (Å²) in [4.78, 5) is 0.267. The summed E-state index contributed by atoms with van der Waals surface area (Å²) in [5.41, 5.74) is 0.901. The fourth-order valence-electron chi connectivity index (χ4n) is 1.81. The van der Waals surface area contributed by atoms with E-state index in [9.17, 15) is 8.42 Å². The lowest BCUT2D eigenvalue weighted by Crippen LogP contribution is -2.28. The lowest BCUT2D eigenvalue weighted by Gasteiger charge is -2.20. The van der Waals surface area contributed by atoms with Gasteiger partial charge in [0.05, 0.1) is 15.6 Å². The highest BCUT2D eigenvalue weighted by Gasteiger charge is 2.25. The molecule has 0 aliphatic rings. The predicted octanol–water partition coefficient (Wildman–Crippen LogP) is 2.32. The Bertz CT molecular complexity index is 690. The van der Waals surface area contributed by atoms with Crippen LogP contribution < -0.4 is 4.31 Å². The van der Waals surface area contributed by atoms with Crippen LogP contribution in [-0.2, 0) is 17.1 Å². The van der Waals surface area contributed by atoms with Gasteiger partial charge in [-0.05, 0) is 40.5 Å². The van der Waals surface area contributed by atoms with Crippen molar-refractivity contribution in [3.63, 3.8) is 0 Å². The van der Waals surface area contributed by atoms with Crippen LogP contribution in [0.5, 0.6) is 0 Å². The first-order chi connectivity index (χ1) is 8.84. The van der Waals surface area contributed by atoms with Crippen molar-refractivity contribution in [3.05, 3.63) is 40.5 Å². The van der Waals surface area contributed by atoms with Gasteiger partial charge >= 0.3 is 0 Å². The lowest BCUT2D eigenvalue weighted by atomic mass is 10.2. The van der Waals surface area contributed by atoms with E-state index < -0.39 is 10.0 Å². The summed E-state index contributed by atoms with van der Waals surface area (Å²) >= 11 is 3.31. The number of sulfonamides is 1. The van der Waals surface area contributed by atoms with Crippen LogP contribution in [0, 0.1) is 6.92 Å². The van der Waals surface area contributed by atoms with Crippen LogP contribution in [0.25, 0.3) is 0 Å². The Morgan fingerprint density at radius 2 is 2.05 bits per heavy atom. The second-order valence-electron chi connectivity index (χ2n) is 4.23. The maximum atomic E-state index is 12.6. The average Bonchev–Trinajstić information content (AvgIpc) is 2.68. The van der Waals surface area contributed by atoms with E-state index in [1.54, 1.807) is 31.4 Å². The summed E-state index contributed by atoms with van der Waals surface area (Å²) in [6.07, 6.45) is 1.57. The molecular formula is C12H14BrN3O2S. The number of aryl methyl sites for hydroxylation is 2. The van der Waals surface area contributed by atoms with E-state index in [2.05, 4.69) is 21.0 Å². The largest absolute Gasteiger partial charge is 0.265 e. The lowest BCUT2D eigenvalue weighted by molar-refractivity contribution is 0.592. The molecule has 0 unspecified atom stereocenters. The van der Waals surface area contributed by atoms with E-state index in [4.69, 9.17) is 0 Å². The molecule has 0 saturated heterocycles. The Morgan fingerprint density at radius 3 is 2.58 bits per heavy atom. The molecular weight excluding hydrogens is 330 g/mol. The molecule has 0 amide bonds. The van der Waals surface area contributed by atoms with Crippen LogP contribution in [-0.4, -0.2) is 25.2 Å². The van der Waals surface area contributed by atoms with Crippen molar-refractivity contribution in [1.82, 2.24) is 9.78 Å². The van der Waals surface area contributed by atoms with Crippen LogP contribution in [0.4, 0.5) is 5.82 Å². The SMILES string of the molecule is Cc1cccc(S(=O)(=O)N(C)c2c(Br)cnn2C)c1. The zero-order valence-electron chi connectivity index (χ0n) is 10.8. The molecule has 0 N–H and O–H groups in total. The summed E-state index contributed by atoms with van der Waals surface area (Å²) in [6, 6.07) is 6.83. The normalized spacial score (nSPS) is 11.6. The molecule has 1 aromatic heterocycles. The standard InChI is InChI=1S/C12H14BrN3O2S/c1-9-5-4-6-10(7-9)19(17,18)16(3)12-11(13)8-14-15(12)2/h4-8H,1-3H3. The molecule has 0 atom stereocenters. The second-order valence-corrected chi connectivity index (χ2v) is 7.05. The second kappa shape index (κ2) is 4.97. The third kappa shape index (κ3) is 2.52. The third-order valence-electron chi connectivity index (χ3n) is 2.81. The molecule has 19 heavy (non-hydrogen) atoms. The van der Waals surface area contributed by atoms with Crippen LogP contribution >= 0.6 is 15.9 Å². The number of anilines is 1. The Balaban J connectivity index is 2.52. The fourth-order valence-corrected chi connectivity index (χ4v) is 3.88. The van der Waals surface area contributed by atoms with Crippen molar-refractivity contribution in [2.75, 3.05) is 11.4 Å². The topological polar surface area (TPSA) is 55.2 Å². The van der Waals surface area contributed by atoms with E-state index in [1.165, 1.54) is 16.0 Å². The molecule has 0 aliphatic heterocycles. The van der Waals surface area contributed by atoms with Crippen molar-refractivity contribution < 1.29 is 8.42 Å². The Kier molecular flexibility index (Phi) is 3.69. The summed E-state index contributed by atoms with van der Waals surface area (Å²) in [5, 5.41) is 4.03. The zero-order valence-corrected chi connectivity index (χ0v) is 13.2. The monoisotopic (exact) mass is 343 g/mol. The van der Waals surface area contributed by atoms with Gasteiger partial charge in [-0.25, -0.2) is 8.42 Å². The Hall–Kier alpha value is -1.34. The van der Waals surface area contributed by atoms with Crippen LogP contribution in [0.1, 0.15) is 5.56 Å². The molecule has 1 heterocycles. The minimum atomic E-state index is -3.59. The molecule has 0 bridgehead atoms. The van der Waals surface area contributed by atoms with Crippen molar-refractivity contribution in [2.45, 2.75) is 11.8 Å². The highest BCUT2D eigenvalue weighted by Crippen LogP contribution is 2.28. The quantitative estimate of drug-likeness (QED) is 0.859. The van der Waals surface area contributed by atoms with Crippen molar-refractivity contribution >= 4 is 31.8 Å². The predicted molar refractivity (Wildman–Crippen MR) is 77.7 cm³/mol. The first kappa shape index (κ1) is 14.1. The molecule has 0 aliphatic carbocycles. The minimum Gasteiger partial charge on any atom is -0.252 e. The minimum absolute atomic E-state index is 0.267. The Labute approximate surface area is 121 Å². The number of nitrogens with zero attached hydrogens (tertiary/aromatic N) is 3. The number of hydrogen-bond acceptors (Lipinski definition) is 3. The molecule has 0 spiro atoms. The average molecular weight is 344 g/mol. The molecule has 102 valence electrons. The molecule has 7 heteroatoms. The number of hydrogen-bond donors (Lipinski definition) is 0. The summed E-state index contributed by atoms with van der Waals surface area (Å²) in [5.74, 6) is 0.488. The van der Waals surface area contributed by atoms with Gasteiger partial charge in [0.15, 0.2) is 5.82 Å². The Morgan fingerprint density at radius 1 is 1.37 bits per heavy atom. The van der Waals surface area contributed by atoms with Gasteiger partial charge in [-0.2, -0.15) is 5.10 Å². The zero-order chi connectivity index (χ0) is 14.2. The molecule has 0 fully saturated rings. The molecule has 0 radical (unpaired) electrons. The van der Waals surface area contributed by atoms with Gasteiger partial charge in [-0.15, -0.1) is 0 Å². The summed E-state index contributed by atoms with van der Waals surface area (Å²) in [6.45, 7) is 1.86. The van der Waals surface area contributed by atoms with Crippen LogP contribution in [0.2, 0.25) is 0 Å². The van der Waals surface area contributed by atoms with E-state index in [0.29, 0.717) is 10.3 Å². The van der Waals surface area contributed by atoms with Crippen molar-refractivity contribution in [1.29, 1.82) is 0 Å². The third-order valence-corrected chi connectivity index (χ3v) is 5.11. The van der Waals surface area contributed by atoms with Gasteiger partial charge in [0, 0.05) is 14.1 Å². The number of benzene rings is 1. The highest BCUT2D eigenvalue weighted by atomic mass is 79.9. The molecule has 1 aromatic carbocycles. The van der Waals surface area contributed by atoms with E-state index in [0.717, 1.165) is 5.56 Å². The van der Waals surface area contributed by atoms with Gasteiger partial charge in [0.25, 0.3) is 10.0 Å². The van der Waals surface area contributed by atoms with Gasteiger partial charge in [-0.3, -0.25) is 8.99 Å². The van der Waals surface area contributed by atoms with Crippen LogP contribution in [0.3, 0.4) is 0 Å². The van der Waals surface area contributed by atoms with Crippen LogP contribution in [0.15, 0.2) is 39.8 Å². The van der Waals surface area contributed by atoms with E-state index in [-0.39, 0.29) is 4.90 Å². The van der Waals surface area contributed by atoms with Gasteiger partial charge in [-0.1, -0.05) is 12.1 Å². The van der Waals surface area contributed by atoms with Crippen molar-refractivity contribution in [2.24, 2.45) is 7.05 Å². The number of aromatic nitrogens is 2. The number of rotatable bonds is 3. The molecule has 2 rings (SSSR count). The first-order valence-corrected chi connectivity index (χ1v) is 7.80. The molecule has 5 nitrogen and oxygen atoms in total. The maximum Gasteiger partial charge on any atom is 0.265 e. The summed E-state index contributed by atoms with van der Waals surface area (Å²) < 4.78 is 28.5. The fraction of sp³-hybridized carbons (Fsp3) is 0.250. The van der Waals surface area contributed by atoms with Gasteiger partial charge in [0.1, 0.15) is 0 Å². The van der Waals surface area contributed by atoms with E-state index in [1.807, 2.05) is 13.0 Å². The number of halogens is 1. The molecule has 0 saturated carbocycles. The maximum absolute atomic E-state index is 12.6. The highest BCUT2D eigenvalue weighted by molar-refractivity contribution is 9.10. The van der Waals surface area contributed by atoms with Gasteiger partial charge < -0.3 is 0 Å². The first-order valence-electron chi connectivity index (χ1n) is 5.57. The summed E-state index contributed by atoms with van der Waals surface area (Å²) in [7, 11) is -0.377. The van der Waals surface area contributed by atoms with Gasteiger partial charge in [0.2, 0.25) is 0 Å². The molecule has 2 aromatic rings. The smallest absolute Gasteiger partial charge is 0.252 e. The van der Waals surface area contributed by atoms with E-state index >= 15 is 0 Å². The van der Waals surface area contributed by atoms with Crippen molar-refractivity contribution in [3.8, 4) is 0 Å².